The second-order valence-electron chi connectivity index (χ2n) is 7.71. The van der Waals surface area contributed by atoms with E-state index in [1.807, 2.05) is 31.7 Å². The number of nitrogens with zero attached hydrogens (tertiary/aromatic N) is 2. The fraction of sp³-hybridized carbons (Fsp3) is 0.455. The van der Waals surface area contributed by atoms with E-state index in [1.165, 1.54) is 5.56 Å². The number of carbonyl (C=O) groups excluding carboxylic acids is 2. The molecule has 3 rings (SSSR count). The number of hydrogen-bond donors (Lipinski definition) is 1. The molecule has 6 heteroatoms. The van der Waals surface area contributed by atoms with Gasteiger partial charge in [0.1, 0.15) is 0 Å². The highest BCUT2D eigenvalue weighted by Crippen LogP contribution is 2.18. The molecule has 28 heavy (non-hydrogen) atoms. The smallest absolute Gasteiger partial charge is 0.237 e. The van der Waals surface area contributed by atoms with Gasteiger partial charge in [-0.05, 0) is 32.4 Å². The van der Waals surface area contributed by atoms with Crippen LogP contribution in [0.1, 0.15) is 37.0 Å². The van der Waals surface area contributed by atoms with Crippen LogP contribution in [0.15, 0.2) is 47.3 Å². The van der Waals surface area contributed by atoms with Crippen molar-refractivity contribution in [2.45, 2.75) is 52.4 Å². The number of rotatable bonds is 7. The van der Waals surface area contributed by atoms with E-state index in [0.717, 1.165) is 11.1 Å². The van der Waals surface area contributed by atoms with Crippen LogP contribution >= 0.6 is 0 Å². The summed E-state index contributed by atoms with van der Waals surface area (Å²) >= 11 is 0. The quantitative estimate of drug-likeness (QED) is 0.798. The fourth-order valence-corrected chi connectivity index (χ4v) is 3.52. The molecule has 2 amide bonds. The lowest BCUT2D eigenvalue weighted by Gasteiger charge is -2.36. The monoisotopic (exact) mass is 383 g/mol. The average molecular weight is 383 g/mol. The summed E-state index contributed by atoms with van der Waals surface area (Å²) in [5.41, 5.74) is 3.29. The number of amides is 2. The van der Waals surface area contributed by atoms with Crippen LogP contribution in [-0.4, -0.2) is 46.8 Å². The molecular weight excluding hydrogens is 354 g/mol. The van der Waals surface area contributed by atoms with E-state index in [0.29, 0.717) is 26.2 Å². The van der Waals surface area contributed by atoms with Crippen LogP contribution < -0.4 is 5.32 Å². The van der Waals surface area contributed by atoms with Crippen molar-refractivity contribution in [3.05, 3.63) is 59.5 Å². The summed E-state index contributed by atoms with van der Waals surface area (Å²) in [6, 6.07) is 9.70. The normalized spacial score (nSPS) is 17.6. The first kappa shape index (κ1) is 20.1. The van der Waals surface area contributed by atoms with Crippen molar-refractivity contribution in [1.29, 1.82) is 0 Å². The molecule has 1 aromatic heterocycles. The van der Waals surface area contributed by atoms with Crippen LogP contribution in [0.4, 0.5) is 0 Å². The first-order chi connectivity index (χ1) is 13.4. The van der Waals surface area contributed by atoms with Gasteiger partial charge in [0, 0.05) is 37.8 Å². The van der Waals surface area contributed by atoms with Crippen molar-refractivity contribution in [3.8, 4) is 0 Å². The van der Waals surface area contributed by atoms with E-state index < -0.39 is 6.04 Å². The number of carbonyl (C=O) groups is 2. The Morgan fingerprint density at radius 2 is 2.00 bits per heavy atom. The summed E-state index contributed by atoms with van der Waals surface area (Å²) in [4.78, 5) is 29.5. The van der Waals surface area contributed by atoms with E-state index in [2.05, 4.69) is 34.5 Å². The Morgan fingerprint density at radius 1 is 1.25 bits per heavy atom. The number of benzene rings is 1. The lowest BCUT2D eigenvalue weighted by molar-refractivity contribution is -0.140. The van der Waals surface area contributed by atoms with Gasteiger partial charge >= 0.3 is 0 Å². The van der Waals surface area contributed by atoms with E-state index >= 15 is 0 Å². The molecule has 1 saturated heterocycles. The highest BCUT2D eigenvalue weighted by atomic mass is 16.3. The molecule has 1 N–H and O–H groups in total. The molecule has 0 saturated carbocycles. The third-order valence-corrected chi connectivity index (χ3v) is 5.19. The van der Waals surface area contributed by atoms with Crippen LogP contribution in [0, 0.1) is 6.92 Å². The number of furan rings is 1. The molecule has 1 fully saturated rings. The lowest BCUT2D eigenvalue weighted by atomic mass is 10.1. The Balaban J connectivity index is 1.70. The van der Waals surface area contributed by atoms with Crippen LogP contribution in [0.3, 0.4) is 0 Å². The maximum Gasteiger partial charge on any atom is 0.237 e. The van der Waals surface area contributed by atoms with Gasteiger partial charge in [0.2, 0.25) is 11.8 Å². The molecule has 2 heterocycles. The molecular formula is C22H29N3O3. The largest absolute Gasteiger partial charge is 0.472 e. The van der Waals surface area contributed by atoms with E-state index in [4.69, 9.17) is 4.42 Å². The molecule has 0 spiro atoms. The molecule has 150 valence electrons. The lowest BCUT2D eigenvalue weighted by Crippen LogP contribution is -2.56. The highest BCUT2D eigenvalue weighted by molar-refractivity contribution is 5.89. The van der Waals surface area contributed by atoms with Gasteiger partial charge in [0.05, 0.1) is 25.0 Å². The SMILES string of the molecule is Cc1ccc(CN(C(=O)C[C@@H]2C(=O)NCCN2Cc2ccoc2)C(C)C)cc1. The molecule has 0 bridgehead atoms. The Bertz CT molecular complexity index is 784. The van der Waals surface area contributed by atoms with Crippen molar-refractivity contribution in [2.24, 2.45) is 0 Å². The van der Waals surface area contributed by atoms with E-state index in [-0.39, 0.29) is 24.3 Å². The number of piperazine rings is 1. The molecule has 0 radical (unpaired) electrons. The van der Waals surface area contributed by atoms with Gasteiger partial charge < -0.3 is 14.6 Å². The van der Waals surface area contributed by atoms with Gasteiger partial charge in [0.25, 0.3) is 0 Å². The van der Waals surface area contributed by atoms with Crippen LogP contribution in [0.2, 0.25) is 0 Å². The van der Waals surface area contributed by atoms with Gasteiger partial charge in [0.15, 0.2) is 0 Å². The molecule has 0 aliphatic carbocycles. The minimum Gasteiger partial charge on any atom is -0.472 e. The second-order valence-corrected chi connectivity index (χ2v) is 7.71. The van der Waals surface area contributed by atoms with E-state index in [9.17, 15) is 9.59 Å². The maximum atomic E-state index is 13.1. The number of aryl methyl sites for hydroxylation is 1. The van der Waals surface area contributed by atoms with Crippen molar-refractivity contribution in [3.63, 3.8) is 0 Å². The number of hydrogen-bond acceptors (Lipinski definition) is 4. The van der Waals surface area contributed by atoms with Gasteiger partial charge in [-0.1, -0.05) is 29.8 Å². The zero-order valence-corrected chi connectivity index (χ0v) is 16.9. The molecule has 1 aliphatic rings. The highest BCUT2D eigenvalue weighted by Gasteiger charge is 2.33. The first-order valence-corrected chi connectivity index (χ1v) is 9.82. The molecule has 0 unspecified atom stereocenters. The third kappa shape index (κ3) is 5.01. The minimum atomic E-state index is -0.463. The van der Waals surface area contributed by atoms with Crippen molar-refractivity contribution >= 4 is 11.8 Å². The predicted octanol–water partition coefficient (Wildman–Crippen LogP) is 2.72. The molecule has 2 aromatic rings. The number of nitrogens with one attached hydrogen (secondary N) is 1. The molecule has 1 aliphatic heterocycles. The zero-order valence-electron chi connectivity index (χ0n) is 16.9. The van der Waals surface area contributed by atoms with Gasteiger partial charge in [-0.25, -0.2) is 0 Å². The van der Waals surface area contributed by atoms with Crippen LogP contribution in [0.5, 0.6) is 0 Å². The van der Waals surface area contributed by atoms with E-state index in [1.54, 1.807) is 12.5 Å². The molecule has 1 aromatic carbocycles. The Kier molecular flexibility index (Phi) is 6.52. The van der Waals surface area contributed by atoms with Crippen molar-refractivity contribution in [2.75, 3.05) is 13.1 Å². The Hall–Kier alpha value is -2.60. The Morgan fingerprint density at radius 3 is 2.64 bits per heavy atom. The summed E-state index contributed by atoms with van der Waals surface area (Å²) in [5.74, 6) is -0.0862. The average Bonchev–Trinajstić information content (AvgIpc) is 3.16. The molecule has 6 nitrogen and oxygen atoms in total. The predicted molar refractivity (Wildman–Crippen MR) is 107 cm³/mol. The molecule has 1 atom stereocenters. The maximum absolute atomic E-state index is 13.1. The minimum absolute atomic E-state index is 0.00480. The topological polar surface area (TPSA) is 65.8 Å². The zero-order chi connectivity index (χ0) is 20.1. The standard InChI is InChI=1S/C22H29N3O3/c1-16(2)25(14-18-6-4-17(3)5-7-18)21(26)12-20-22(27)23-9-10-24(20)13-19-8-11-28-15-19/h4-8,11,15-16,20H,9-10,12-14H2,1-3H3,(H,23,27)/t20-/m1/s1. The fourth-order valence-electron chi connectivity index (χ4n) is 3.52. The Labute approximate surface area is 166 Å². The van der Waals surface area contributed by atoms with Gasteiger partial charge in [-0.3, -0.25) is 14.5 Å². The second kappa shape index (κ2) is 9.06. The van der Waals surface area contributed by atoms with Crippen LogP contribution in [0.25, 0.3) is 0 Å². The van der Waals surface area contributed by atoms with Crippen LogP contribution in [-0.2, 0) is 22.7 Å². The van der Waals surface area contributed by atoms with Crippen molar-refractivity contribution in [1.82, 2.24) is 15.1 Å². The van der Waals surface area contributed by atoms with Gasteiger partial charge in [-0.2, -0.15) is 0 Å². The summed E-state index contributed by atoms with van der Waals surface area (Å²) in [6.45, 7) is 8.53. The summed E-state index contributed by atoms with van der Waals surface area (Å²) in [6.07, 6.45) is 3.48. The van der Waals surface area contributed by atoms with Gasteiger partial charge in [-0.15, -0.1) is 0 Å². The third-order valence-electron chi connectivity index (χ3n) is 5.19. The van der Waals surface area contributed by atoms with Crippen molar-refractivity contribution < 1.29 is 14.0 Å². The summed E-state index contributed by atoms with van der Waals surface area (Å²) < 4.78 is 5.14. The summed E-state index contributed by atoms with van der Waals surface area (Å²) in [5, 5.41) is 2.90. The first-order valence-electron chi connectivity index (χ1n) is 9.82. The summed E-state index contributed by atoms with van der Waals surface area (Å²) in [7, 11) is 0.